The standard InChI is InChI=1S/C16H17BrFNO/c1-2-14(19)10-11-9-12(17)3-8-16(11)20-15-6-4-13(18)5-7-15/h3-9,14H,2,10,19H2,1H3. The van der Waals surface area contributed by atoms with Crippen molar-refractivity contribution in [2.75, 3.05) is 0 Å². The number of benzene rings is 2. The Hall–Kier alpha value is -1.39. The molecule has 2 aromatic rings. The first kappa shape index (κ1) is 15.0. The molecule has 2 nitrogen and oxygen atoms in total. The van der Waals surface area contributed by atoms with Gasteiger partial charge in [0.2, 0.25) is 0 Å². The first-order chi connectivity index (χ1) is 9.58. The minimum absolute atomic E-state index is 0.0971. The third kappa shape index (κ3) is 4.05. The van der Waals surface area contributed by atoms with Crippen molar-refractivity contribution in [2.45, 2.75) is 25.8 Å². The van der Waals surface area contributed by atoms with Gasteiger partial charge in [-0.3, -0.25) is 0 Å². The first-order valence-corrected chi connectivity index (χ1v) is 7.35. The van der Waals surface area contributed by atoms with E-state index >= 15 is 0 Å². The third-order valence-electron chi connectivity index (χ3n) is 3.07. The Labute approximate surface area is 126 Å². The molecular weight excluding hydrogens is 321 g/mol. The molecule has 1 atom stereocenters. The molecule has 0 amide bonds. The summed E-state index contributed by atoms with van der Waals surface area (Å²) in [6.45, 7) is 2.06. The first-order valence-electron chi connectivity index (χ1n) is 6.56. The van der Waals surface area contributed by atoms with Crippen LogP contribution < -0.4 is 10.5 Å². The lowest BCUT2D eigenvalue weighted by molar-refractivity contribution is 0.470. The van der Waals surface area contributed by atoms with Crippen LogP contribution in [0.4, 0.5) is 4.39 Å². The molecule has 0 saturated carbocycles. The summed E-state index contributed by atoms with van der Waals surface area (Å²) in [5.41, 5.74) is 7.06. The van der Waals surface area contributed by atoms with Crippen molar-refractivity contribution >= 4 is 15.9 Å². The van der Waals surface area contributed by atoms with Crippen molar-refractivity contribution in [3.8, 4) is 11.5 Å². The summed E-state index contributed by atoms with van der Waals surface area (Å²) >= 11 is 3.46. The summed E-state index contributed by atoms with van der Waals surface area (Å²) in [6, 6.07) is 11.9. The molecule has 2 N–H and O–H groups in total. The van der Waals surface area contributed by atoms with E-state index in [1.54, 1.807) is 12.1 Å². The lowest BCUT2D eigenvalue weighted by Gasteiger charge is -2.14. The average Bonchev–Trinajstić information content (AvgIpc) is 2.44. The van der Waals surface area contributed by atoms with Crippen molar-refractivity contribution in [3.63, 3.8) is 0 Å². The van der Waals surface area contributed by atoms with Crippen molar-refractivity contribution in [1.82, 2.24) is 0 Å². The van der Waals surface area contributed by atoms with Crippen LogP contribution in [0, 0.1) is 5.82 Å². The zero-order chi connectivity index (χ0) is 14.5. The maximum Gasteiger partial charge on any atom is 0.130 e. The monoisotopic (exact) mass is 337 g/mol. The second-order valence-corrected chi connectivity index (χ2v) is 5.60. The summed E-state index contributed by atoms with van der Waals surface area (Å²) < 4.78 is 19.7. The normalized spacial score (nSPS) is 12.2. The molecule has 2 aromatic carbocycles. The molecule has 20 heavy (non-hydrogen) atoms. The number of ether oxygens (including phenoxy) is 1. The Bertz CT molecular complexity index is 571. The van der Waals surface area contributed by atoms with E-state index in [2.05, 4.69) is 22.9 Å². The molecule has 0 heterocycles. The fraction of sp³-hybridized carbons (Fsp3) is 0.250. The highest BCUT2D eigenvalue weighted by Gasteiger charge is 2.10. The van der Waals surface area contributed by atoms with E-state index in [-0.39, 0.29) is 11.9 Å². The number of hydrogen-bond donors (Lipinski definition) is 1. The Morgan fingerprint density at radius 1 is 1.20 bits per heavy atom. The topological polar surface area (TPSA) is 35.2 Å². The predicted molar refractivity (Wildman–Crippen MR) is 82.6 cm³/mol. The smallest absolute Gasteiger partial charge is 0.130 e. The van der Waals surface area contributed by atoms with Gasteiger partial charge in [-0.15, -0.1) is 0 Å². The summed E-state index contributed by atoms with van der Waals surface area (Å²) in [4.78, 5) is 0. The van der Waals surface area contributed by atoms with Gasteiger partial charge in [0.05, 0.1) is 0 Å². The average molecular weight is 338 g/mol. The van der Waals surface area contributed by atoms with Gasteiger partial charge in [0, 0.05) is 10.5 Å². The van der Waals surface area contributed by atoms with Crippen LogP contribution in [0.25, 0.3) is 0 Å². The maximum absolute atomic E-state index is 12.9. The van der Waals surface area contributed by atoms with E-state index in [9.17, 15) is 4.39 Å². The van der Waals surface area contributed by atoms with Crippen molar-refractivity contribution in [2.24, 2.45) is 5.73 Å². The molecule has 0 bridgehead atoms. The molecule has 4 heteroatoms. The van der Waals surface area contributed by atoms with Crippen LogP contribution in [-0.4, -0.2) is 6.04 Å². The van der Waals surface area contributed by atoms with E-state index in [1.165, 1.54) is 12.1 Å². The molecule has 0 radical (unpaired) electrons. The zero-order valence-corrected chi connectivity index (χ0v) is 12.9. The van der Waals surface area contributed by atoms with Gasteiger partial charge < -0.3 is 10.5 Å². The zero-order valence-electron chi connectivity index (χ0n) is 11.3. The molecule has 0 spiro atoms. The maximum atomic E-state index is 12.9. The number of halogens is 2. The largest absolute Gasteiger partial charge is 0.457 e. The Balaban J connectivity index is 2.23. The Morgan fingerprint density at radius 2 is 1.90 bits per heavy atom. The van der Waals surface area contributed by atoms with E-state index < -0.39 is 0 Å². The van der Waals surface area contributed by atoms with Crippen molar-refractivity contribution in [3.05, 3.63) is 58.3 Å². The lowest BCUT2D eigenvalue weighted by Crippen LogP contribution is -2.21. The van der Waals surface area contributed by atoms with E-state index in [4.69, 9.17) is 10.5 Å². The van der Waals surface area contributed by atoms with Crippen LogP contribution in [0.2, 0.25) is 0 Å². The molecular formula is C16H17BrFNO. The molecule has 1 unspecified atom stereocenters. The Morgan fingerprint density at radius 3 is 2.55 bits per heavy atom. The minimum atomic E-state index is -0.276. The second-order valence-electron chi connectivity index (χ2n) is 4.68. The summed E-state index contributed by atoms with van der Waals surface area (Å²) in [5, 5.41) is 0. The molecule has 0 aromatic heterocycles. The molecule has 0 aliphatic heterocycles. The van der Waals surface area contributed by atoms with E-state index in [1.807, 2.05) is 18.2 Å². The van der Waals surface area contributed by atoms with Crippen LogP contribution >= 0.6 is 15.9 Å². The summed E-state index contributed by atoms with van der Waals surface area (Å²) in [6.07, 6.45) is 1.65. The van der Waals surface area contributed by atoms with Crippen molar-refractivity contribution in [1.29, 1.82) is 0 Å². The number of rotatable bonds is 5. The molecule has 0 fully saturated rings. The quantitative estimate of drug-likeness (QED) is 0.861. The van der Waals surface area contributed by atoms with Crippen LogP contribution in [0.1, 0.15) is 18.9 Å². The van der Waals surface area contributed by atoms with Crippen LogP contribution in [-0.2, 0) is 6.42 Å². The van der Waals surface area contributed by atoms with Gasteiger partial charge in [-0.05, 0) is 60.9 Å². The van der Waals surface area contributed by atoms with E-state index in [0.717, 1.165) is 28.6 Å². The van der Waals surface area contributed by atoms with Gasteiger partial charge in [0.15, 0.2) is 0 Å². The molecule has 106 valence electrons. The highest BCUT2D eigenvalue weighted by Crippen LogP contribution is 2.29. The lowest BCUT2D eigenvalue weighted by atomic mass is 10.0. The van der Waals surface area contributed by atoms with Gasteiger partial charge in [-0.25, -0.2) is 4.39 Å². The van der Waals surface area contributed by atoms with E-state index in [0.29, 0.717) is 5.75 Å². The van der Waals surface area contributed by atoms with Crippen LogP contribution in [0.15, 0.2) is 46.9 Å². The van der Waals surface area contributed by atoms with Gasteiger partial charge in [0.1, 0.15) is 17.3 Å². The highest BCUT2D eigenvalue weighted by molar-refractivity contribution is 9.10. The molecule has 0 aliphatic rings. The van der Waals surface area contributed by atoms with Gasteiger partial charge in [-0.2, -0.15) is 0 Å². The van der Waals surface area contributed by atoms with Crippen LogP contribution in [0.5, 0.6) is 11.5 Å². The van der Waals surface area contributed by atoms with Gasteiger partial charge >= 0.3 is 0 Å². The highest BCUT2D eigenvalue weighted by atomic mass is 79.9. The van der Waals surface area contributed by atoms with Crippen LogP contribution in [0.3, 0.4) is 0 Å². The Kier molecular flexibility index (Phi) is 5.15. The molecule has 0 aliphatic carbocycles. The fourth-order valence-electron chi connectivity index (χ4n) is 1.86. The molecule has 2 rings (SSSR count). The summed E-state index contributed by atoms with van der Waals surface area (Å²) in [5.74, 6) is 1.09. The van der Waals surface area contributed by atoms with Gasteiger partial charge in [-0.1, -0.05) is 22.9 Å². The predicted octanol–water partition coefficient (Wildman–Crippen LogP) is 4.66. The molecule has 0 saturated heterocycles. The van der Waals surface area contributed by atoms with Gasteiger partial charge in [0.25, 0.3) is 0 Å². The SMILES string of the molecule is CCC(N)Cc1cc(Br)ccc1Oc1ccc(F)cc1. The van der Waals surface area contributed by atoms with Crippen molar-refractivity contribution < 1.29 is 9.13 Å². The fourth-order valence-corrected chi connectivity index (χ4v) is 2.27. The summed E-state index contributed by atoms with van der Waals surface area (Å²) in [7, 11) is 0. The number of nitrogens with two attached hydrogens (primary N) is 1. The second kappa shape index (κ2) is 6.86. The number of hydrogen-bond acceptors (Lipinski definition) is 2. The minimum Gasteiger partial charge on any atom is -0.457 e. The third-order valence-corrected chi connectivity index (χ3v) is 3.56.